The number of rotatable bonds is 7. The molecule has 0 saturated heterocycles. The summed E-state index contributed by atoms with van der Waals surface area (Å²) < 4.78 is 29.7. The minimum Gasteiger partial charge on any atom is -1.00 e. The van der Waals surface area contributed by atoms with E-state index in [1.165, 1.54) is 12.1 Å². The van der Waals surface area contributed by atoms with Crippen molar-refractivity contribution in [3.8, 4) is 11.1 Å². The van der Waals surface area contributed by atoms with Gasteiger partial charge in [-0.2, -0.15) is 0 Å². The van der Waals surface area contributed by atoms with Gasteiger partial charge in [-0.15, -0.1) is 0 Å². The van der Waals surface area contributed by atoms with E-state index >= 15 is 0 Å². The standard InChI is InChI=1S/C34H35ClF2N2O3.Na.H/c1-33(2)16-21(17-34(3,4)19-33)11-29(40)38-30-27-9-8-22(23-12-25(36)15-26(37)13-23)14-28(27)39(31(30)32(41)42)18-20-6-5-7-24(35)10-20;;/h5-10,12-15,21H,11,16-19H2,1-4H3,(H,38,40)(H,41,42);;/q;+1;-1. The molecule has 3 aromatic carbocycles. The summed E-state index contributed by atoms with van der Waals surface area (Å²) >= 11 is 6.22. The van der Waals surface area contributed by atoms with Crippen LogP contribution in [0.5, 0.6) is 0 Å². The Balaban J connectivity index is 0.00000264. The van der Waals surface area contributed by atoms with Crippen molar-refractivity contribution in [2.75, 3.05) is 5.32 Å². The number of amides is 1. The predicted molar refractivity (Wildman–Crippen MR) is 164 cm³/mol. The maximum atomic E-state index is 14.1. The molecule has 0 radical (unpaired) electrons. The molecule has 4 aromatic rings. The molecule has 5 nitrogen and oxygen atoms in total. The molecule has 0 spiro atoms. The van der Waals surface area contributed by atoms with Crippen LogP contribution in [0.1, 0.15) is 70.9 Å². The van der Waals surface area contributed by atoms with Crippen LogP contribution in [0.25, 0.3) is 22.0 Å². The number of carbonyl (C=O) groups excluding carboxylic acids is 1. The Morgan fingerprint density at radius 3 is 2.23 bits per heavy atom. The fraction of sp³-hybridized carbons (Fsp3) is 0.353. The van der Waals surface area contributed by atoms with Crippen molar-refractivity contribution in [1.82, 2.24) is 4.57 Å². The summed E-state index contributed by atoms with van der Waals surface area (Å²) in [6.07, 6.45) is 3.20. The molecule has 222 valence electrons. The van der Waals surface area contributed by atoms with E-state index in [1.54, 1.807) is 41.0 Å². The van der Waals surface area contributed by atoms with Gasteiger partial charge in [0.15, 0.2) is 5.69 Å². The fourth-order valence-electron chi connectivity index (χ4n) is 7.25. The summed E-state index contributed by atoms with van der Waals surface area (Å²) in [7, 11) is 0. The van der Waals surface area contributed by atoms with Crippen LogP contribution in [0.3, 0.4) is 0 Å². The molecule has 0 unspecified atom stereocenters. The number of hydrogen-bond donors (Lipinski definition) is 2. The van der Waals surface area contributed by atoms with Crippen molar-refractivity contribution in [1.29, 1.82) is 0 Å². The number of hydrogen-bond acceptors (Lipinski definition) is 2. The number of carboxylic acid groups (broad SMARTS) is 1. The molecule has 5 rings (SSSR count). The molecule has 1 aliphatic rings. The van der Waals surface area contributed by atoms with Gasteiger partial charge in [-0.1, -0.05) is 63.6 Å². The fourth-order valence-corrected chi connectivity index (χ4v) is 7.47. The van der Waals surface area contributed by atoms with Crippen LogP contribution >= 0.6 is 11.6 Å². The minimum absolute atomic E-state index is 0. The largest absolute Gasteiger partial charge is 1.00 e. The van der Waals surface area contributed by atoms with Crippen molar-refractivity contribution < 1.29 is 54.5 Å². The Morgan fingerprint density at radius 2 is 1.63 bits per heavy atom. The number of aromatic carboxylic acids is 1. The van der Waals surface area contributed by atoms with Gasteiger partial charge in [-0.05, 0) is 83.0 Å². The molecule has 9 heteroatoms. The predicted octanol–water partition coefficient (Wildman–Crippen LogP) is 6.28. The topological polar surface area (TPSA) is 71.3 Å². The molecular weight excluding hydrogens is 581 g/mol. The Morgan fingerprint density at radius 1 is 0.977 bits per heavy atom. The molecule has 1 fully saturated rings. The molecule has 0 bridgehead atoms. The molecule has 1 aliphatic carbocycles. The number of anilines is 1. The number of halogens is 3. The van der Waals surface area contributed by atoms with Gasteiger partial charge in [0.1, 0.15) is 11.6 Å². The quantitative estimate of drug-likeness (QED) is 0.240. The number of nitrogens with one attached hydrogen (secondary N) is 1. The molecule has 0 aliphatic heterocycles. The van der Waals surface area contributed by atoms with Gasteiger partial charge < -0.3 is 16.4 Å². The van der Waals surface area contributed by atoms with Crippen LogP contribution in [0.2, 0.25) is 5.02 Å². The van der Waals surface area contributed by atoms with Crippen LogP contribution in [0, 0.1) is 28.4 Å². The molecule has 2 N–H and O–H groups in total. The number of carboxylic acids is 1. The summed E-state index contributed by atoms with van der Waals surface area (Å²) in [6, 6.07) is 15.4. The van der Waals surface area contributed by atoms with Gasteiger partial charge in [0.2, 0.25) is 5.91 Å². The molecule has 43 heavy (non-hydrogen) atoms. The van der Waals surface area contributed by atoms with Crippen LogP contribution in [-0.4, -0.2) is 21.6 Å². The average molecular weight is 617 g/mol. The number of fused-ring (bicyclic) bond motifs is 1. The first kappa shape index (κ1) is 33.2. The Labute approximate surface area is 279 Å². The van der Waals surface area contributed by atoms with Crippen LogP contribution in [-0.2, 0) is 11.3 Å². The maximum Gasteiger partial charge on any atom is 1.00 e. The van der Waals surface area contributed by atoms with E-state index in [2.05, 4.69) is 33.0 Å². The zero-order valence-electron chi connectivity index (χ0n) is 26.2. The van der Waals surface area contributed by atoms with Crippen molar-refractivity contribution in [3.05, 3.63) is 88.6 Å². The molecule has 0 atom stereocenters. The van der Waals surface area contributed by atoms with Crippen molar-refractivity contribution in [2.45, 2.75) is 59.9 Å². The van der Waals surface area contributed by atoms with Gasteiger partial charge >= 0.3 is 35.5 Å². The number of nitrogens with zero attached hydrogens (tertiary/aromatic N) is 1. The van der Waals surface area contributed by atoms with Gasteiger partial charge in [0.25, 0.3) is 0 Å². The monoisotopic (exact) mass is 616 g/mol. The van der Waals surface area contributed by atoms with Crippen LogP contribution in [0.15, 0.2) is 60.7 Å². The van der Waals surface area contributed by atoms with Gasteiger partial charge in [-0.25, -0.2) is 13.6 Å². The van der Waals surface area contributed by atoms with E-state index in [0.29, 0.717) is 27.1 Å². The van der Waals surface area contributed by atoms with Crippen molar-refractivity contribution in [2.24, 2.45) is 16.7 Å². The summed E-state index contributed by atoms with van der Waals surface area (Å²) in [5.74, 6) is -2.71. The Kier molecular flexibility index (Phi) is 9.82. The van der Waals surface area contributed by atoms with E-state index in [1.807, 2.05) is 6.07 Å². The Hall–Kier alpha value is -2.71. The minimum atomic E-state index is -1.21. The van der Waals surface area contributed by atoms with E-state index in [-0.39, 0.29) is 78.0 Å². The first-order chi connectivity index (χ1) is 19.7. The van der Waals surface area contributed by atoms with Crippen LogP contribution in [0.4, 0.5) is 14.5 Å². The second-order valence-corrected chi connectivity index (χ2v) is 13.6. The van der Waals surface area contributed by atoms with Crippen molar-refractivity contribution in [3.63, 3.8) is 0 Å². The molecule has 1 heterocycles. The Bertz CT molecular complexity index is 1670. The van der Waals surface area contributed by atoms with Crippen LogP contribution < -0.4 is 34.9 Å². The zero-order chi connectivity index (χ0) is 30.4. The number of aromatic nitrogens is 1. The summed E-state index contributed by atoms with van der Waals surface area (Å²) in [5, 5.41) is 14.4. The average Bonchev–Trinajstić information content (AvgIpc) is 3.13. The van der Waals surface area contributed by atoms with Crippen molar-refractivity contribution >= 4 is 40.1 Å². The second kappa shape index (κ2) is 12.7. The molecule has 1 amide bonds. The third-order valence-electron chi connectivity index (χ3n) is 8.07. The molecule has 1 saturated carbocycles. The number of carbonyl (C=O) groups is 2. The molecular formula is C34H36ClF2N2NaO3. The third-order valence-corrected chi connectivity index (χ3v) is 8.31. The van der Waals surface area contributed by atoms with E-state index < -0.39 is 17.6 Å². The summed E-state index contributed by atoms with van der Waals surface area (Å²) in [6.45, 7) is 9.07. The second-order valence-electron chi connectivity index (χ2n) is 13.2. The van der Waals surface area contributed by atoms with Gasteiger partial charge in [0.05, 0.1) is 11.2 Å². The SMILES string of the molecule is CC1(C)CC(CC(=O)Nc2c(C(=O)O)n(Cc3cccc(Cl)c3)c3cc(-c4cc(F)cc(F)c4)ccc23)CC(C)(C)C1.[H-].[Na+]. The maximum absolute atomic E-state index is 14.1. The molecule has 1 aromatic heterocycles. The third kappa shape index (κ3) is 7.69. The van der Waals surface area contributed by atoms with E-state index in [0.717, 1.165) is 30.9 Å². The van der Waals surface area contributed by atoms with Gasteiger partial charge in [-0.3, -0.25) is 4.79 Å². The zero-order valence-corrected chi connectivity index (χ0v) is 28.0. The summed E-state index contributed by atoms with van der Waals surface area (Å²) in [4.78, 5) is 26.2. The normalized spacial score (nSPS) is 16.1. The van der Waals surface area contributed by atoms with E-state index in [4.69, 9.17) is 11.6 Å². The summed E-state index contributed by atoms with van der Waals surface area (Å²) in [5.41, 5.74) is 2.43. The van der Waals surface area contributed by atoms with Gasteiger partial charge in [0, 0.05) is 29.4 Å². The first-order valence-corrected chi connectivity index (χ1v) is 14.5. The number of benzene rings is 3. The first-order valence-electron chi connectivity index (χ1n) is 14.1. The van der Waals surface area contributed by atoms with E-state index in [9.17, 15) is 23.5 Å². The smallest absolute Gasteiger partial charge is 1.00 e.